The first-order valence-corrected chi connectivity index (χ1v) is 5.96. The van der Waals surface area contributed by atoms with Gasteiger partial charge in [0.2, 0.25) is 5.79 Å². The fourth-order valence-electron chi connectivity index (χ4n) is 3.47. The predicted octanol–water partition coefficient (Wildman–Crippen LogP) is 2.24. The Morgan fingerprint density at radius 3 is 2.93 bits per heavy atom. The first-order valence-electron chi connectivity index (χ1n) is 5.96. The molecule has 3 rings (SSSR count). The molecule has 2 aliphatic heterocycles. The second-order valence-corrected chi connectivity index (χ2v) is 5.57. The molecule has 0 aromatic rings. The minimum atomic E-state index is -0.651. The van der Waals surface area contributed by atoms with Gasteiger partial charge in [-0.1, -0.05) is 6.42 Å². The molecular formula is C12H18O3. The second kappa shape index (κ2) is 2.76. The zero-order chi connectivity index (χ0) is 10.7. The summed E-state index contributed by atoms with van der Waals surface area (Å²) in [7, 11) is 0. The van der Waals surface area contributed by atoms with E-state index in [2.05, 4.69) is 6.92 Å². The first kappa shape index (κ1) is 9.64. The van der Waals surface area contributed by atoms with E-state index in [1.165, 1.54) is 12.8 Å². The smallest absolute Gasteiger partial charge is 0.314 e. The van der Waals surface area contributed by atoms with Crippen LogP contribution in [0.2, 0.25) is 0 Å². The van der Waals surface area contributed by atoms with Gasteiger partial charge in [-0.15, -0.1) is 0 Å². The number of fused-ring (bicyclic) bond motifs is 1. The normalized spacial score (nSPS) is 53.6. The summed E-state index contributed by atoms with van der Waals surface area (Å²) in [6, 6.07) is 0. The van der Waals surface area contributed by atoms with Crippen LogP contribution in [0.15, 0.2) is 0 Å². The van der Waals surface area contributed by atoms with Crippen LogP contribution in [-0.4, -0.2) is 17.4 Å². The van der Waals surface area contributed by atoms with Gasteiger partial charge in [-0.25, -0.2) is 0 Å². The fraction of sp³-hybridized carbons (Fsp3) is 0.917. The lowest BCUT2D eigenvalue weighted by atomic mass is 9.59. The average molecular weight is 210 g/mol. The molecule has 2 heterocycles. The highest BCUT2D eigenvalue weighted by Gasteiger charge is 2.63. The summed E-state index contributed by atoms with van der Waals surface area (Å²) in [5.74, 6) is -0.130. The third-order valence-corrected chi connectivity index (χ3v) is 4.49. The molecule has 3 aliphatic rings. The van der Waals surface area contributed by atoms with E-state index in [0.29, 0.717) is 5.92 Å². The van der Waals surface area contributed by atoms with Gasteiger partial charge in [0.25, 0.3) is 0 Å². The Labute approximate surface area is 90.1 Å². The lowest BCUT2D eigenvalue weighted by Crippen LogP contribution is -2.67. The van der Waals surface area contributed by atoms with Gasteiger partial charge < -0.3 is 9.47 Å². The first-order chi connectivity index (χ1) is 7.04. The van der Waals surface area contributed by atoms with Crippen molar-refractivity contribution in [2.75, 3.05) is 0 Å². The van der Waals surface area contributed by atoms with Crippen LogP contribution >= 0.6 is 0 Å². The molecule has 1 saturated carbocycles. The molecule has 0 spiro atoms. The largest absolute Gasteiger partial charge is 0.433 e. The van der Waals surface area contributed by atoms with Gasteiger partial charge in [-0.05, 0) is 32.1 Å². The summed E-state index contributed by atoms with van der Waals surface area (Å²) in [6.45, 7) is 4.00. The average Bonchev–Trinajstić information content (AvgIpc) is 2.12. The second-order valence-electron chi connectivity index (χ2n) is 5.57. The van der Waals surface area contributed by atoms with Gasteiger partial charge in [0.1, 0.15) is 0 Å². The highest BCUT2D eigenvalue weighted by molar-refractivity contribution is 5.76. The maximum atomic E-state index is 11.8. The molecule has 4 atom stereocenters. The maximum absolute atomic E-state index is 11.8. The molecular weight excluding hydrogens is 192 g/mol. The van der Waals surface area contributed by atoms with Crippen LogP contribution in [0.5, 0.6) is 0 Å². The van der Waals surface area contributed by atoms with Crippen molar-refractivity contribution in [3.63, 3.8) is 0 Å². The molecule has 2 saturated heterocycles. The Kier molecular flexibility index (Phi) is 1.77. The van der Waals surface area contributed by atoms with Crippen molar-refractivity contribution in [2.24, 2.45) is 11.8 Å². The van der Waals surface area contributed by atoms with Crippen LogP contribution in [0.4, 0.5) is 0 Å². The van der Waals surface area contributed by atoms with Gasteiger partial charge in [-0.3, -0.25) is 4.79 Å². The molecule has 2 bridgehead atoms. The van der Waals surface area contributed by atoms with Crippen LogP contribution in [-0.2, 0) is 14.3 Å². The Morgan fingerprint density at radius 1 is 1.33 bits per heavy atom. The van der Waals surface area contributed by atoms with Crippen molar-refractivity contribution in [1.29, 1.82) is 0 Å². The Bertz CT molecular complexity index is 314. The molecule has 0 radical (unpaired) electrons. The standard InChI is InChI=1S/C12H18O3/c1-11-6-4-3-5-8-7-9(10(13)14-11)12(8,2)15-11/h8-9H,3-7H2,1-2H3/t8-,9-,11+,12-/m1/s1. The third-order valence-electron chi connectivity index (χ3n) is 4.49. The summed E-state index contributed by atoms with van der Waals surface area (Å²) in [6.07, 6.45) is 5.35. The van der Waals surface area contributed by atoms with Gasteiger partial charge in [0, 0.05) is 13.3 Å². The van der Waals surface area contributed by atoms with E-state index in [4.69, 9.17) is 9.47 Å². The highest BCUT2D eigenvalue weighted by Crippen LogP contribution is 2.56. The van der Waals surface area contributed by atoms with Crippen LogP contribution in [0.3, 0.4) is 0 Å². The molecule has 84 valence electrons. The lowest BCUT2D eigenvalue weighted by Gasteiger charge is -2.60. The number of ether oxygens (including phenoxy) is 2. The molecule has 15 heavy (non-hydrogen) atoms. The van der Waals surface area contributed by atoms with Crippen molar-refractivity contribution in [1.82, 2.24) is 0 Å². The van der Waals surface area contributed by atoms with Gasteiger partial charge in [0.05, 0.1) is 11.5 Å². The van der Waals surface area contributed by atoms with Gasteiger partial charge in [-0.2, -0.15) is 0 Å². The SMILES string of the molecule is C[C@]12CCCC[C@@H]3C[C@H](C(=O)O1)[C@]3(C)O2. The van der Waals surface area contributed by atoms with E-state index in [9.17, 15) is 4.79 Å². The van der Waals surface area contributed by atoms with E-state index >= 15 is 0 Å². The minimum absolute atomic E-state index is 0.00586. The minimum Gasteiger partial charge on any atom is -0.433 e. The summed E-state index contributed by atoms with van der Waals surface area (Å²) in [5.41, 5.74) is -0.232. The molecule has 3 fully saturated rings. The van der Waals surface area contributed by atoms with E-state index in [1.807, 2.05) is 6.92 Å². The van der Waals surface area contributed by atoms with E-state index in [-0.39, 0.29) is 17.5 Å². The number of hydrogen-bond donors (Lipinski definition) is 0. The van der Waals surface area contributed by atoms with Crippen molar-refractivity contribution in [2.45, 2.75) is 57.3 Å². The zero-order valence-electron chi connectivity index (χ0n) is 9.41. The topological polar surface area (TPSA) is 35.5 Å². The fourth-order valence-corrected chi connectivity index (χ4v) is 3.47. The molecule has 0 amide bonds. The maximum Gasteiger partial charge on any atom is 0.314 e. The number of hydrogen-bond acceptors (Lipinski definition) is 3. The third kappa shape index (κ3) is 1.19. The number of esters is 1. The number of carbonyl (C=O) groups excluding carboxylic acids is 1. The zero-order valence-corrected chi connectivity index (χ0v) is 9.41. The number of carbonyl (C=O) groups is 1. The van der Waals surface area contributed by atoms with Crippen LogP contribution in [0.1, 0.15) is 46.0 Å². The Morgan fingerprint density at radius 2 is 2.13 bits per heavy atom. The summed E-state index contributed by atoms with van der Waals surface area (Å²) >= 11 is 0. The Hall–Kier alpha value is -0.570. The molecule has 0 N–H and O–H groups in total. The molecule has 3 heteroatoms. The van der Waals surface area contributed by atoms with Crippen LogP contribution in [0.25, 0.3) is 0 Å². The lowest BCUT2D eigenvalue weighted by molar-refractivity contribution is -0.354. The number of rotatable bonds is 0. The van der Waals surface area contributed by atoms with Crippen molar-refractivity contribution in [3.8, 4) is 0 Å². The highest BCUT2D eigenvalue weighted by atomic mass is 16.7. The molecule has 1 aliphatic carbocycles. The quantitative estimate of drug-likeness (QED) is 0.575. The molecule has 0 unspecified atom stereocenters. The van der Waals surface area contributed by atoms with E-state index in [1.54, 1.807) is 0 Å². The summed E-state index contributed by atoms with van der Waals surface area (Å²) < 4.78 is 11.5. The van der Waals surface area contributed by atoms with Crippen molar-refractivity contribution < 1.29 is 14.3 Å². The van der Waals surface area contributed by atoms with Gasteiger partial charge in [0.15, 0.2) is 0 Å². The van der Waals surface area contributed by atoms with Crippen molar-refractivity contribution >= 4 is 5.97 Å². The molecule has 0 aromatic carbocycles. The summed E-state index contributed by atoms with van der Waals surface area (Å²) in [5, 5.41) is 0. The van der Waals surface area contributed by atoms with Gasteiger partial charge >= 0.3 is 5.97 Å². The molecule has 0 aromatic heterocycles. The molecule has 3 nitrogen and oxygen atoms in total. The van der Waals surface area contributed by atoms with Crippen LogP contribution < -0.4 is 0 Å². The predicted molar refractivity (Wildman–Crippen MR) is 54.1 cm³/mol. The monoisotopic (exact) mass is 210 g/mol. The Balaban J connectivity index is 1.95. The van der Waals surface area contributed by atoms with E-state index in [0.717, 1.165) is 19.3 Å². The summed E-state index contributed by atoms with van der Waals surface area (Å²) in [4.78, 5) is 11.8. The van der Waals surface area contributed by atoms with Crippen molar-refractivity contribution in [3.05, 3.63) is 0 Å². The van der Waals surface area contributed by atoms with Crippen LogP contribution in [0, 0.1) is 11.8 Å². The van der Waals surface area contributed by atoms with E-state index < -0.39 is 5.79 Å².